The second kappa shape index (κ2) is 6.81. The van der Waals surface area contributed by atoms with E-state index in [1.54, 1.807) is 10.6 Å². The fourth-order valence-corrected chi connectivity index (χ4v) is 4.85. The average molecular weight is 407 g/mol. The monoisotopic (exact) mass is 406 g/mol. The second-order valence-electron chi connectivity index (χ2n) is 7.74. The first-order valence-corrected chi connectivity index (χ1v) is 10.6. The van der Waals surface area contributed by atoms with Gasteiger partial charge in [0.15, 0.2) is 0 Å². The van der Waals surface area contributed by atoms with Crippen molar-refractivity contribution < 1.29 is 0 Å². The number of nitrogens with two attached hydrogens (primary N) is 1. The maximum atomic E-state index is 12.8. The van der Waals surface area contributed by atoms with Crippen LogP contribution in [0.15, 0.2) is 34.1 Å². The number of benzene rings is 1. The van der Waals surface area contributed by atoms with Crippen molar-refractivity contribution in [2.45, 2.75) is 26.7 Å². The molecule has 0 bridgehead atoms. The molecular weight excluding hydrogens is 384 g/mol. The number of hydrogen-bond donors (Lipinski definition) is 1. The molecule has 0 aliphatic carbocycles. The van der Waals surface area contributed by atoms with Crippen LogP contribution in [0.1, 0.15) is 37.8 Å². The first-order chi connectivity index (χ1) is 14.0. The Hall–Kier alpha value is -3.00. The van der Waals surface area contributed by atoms with Crippen LogP contribution < -0.4 is 16.2 Å². The summed E-state index contributed by atoms with van der Waals surface area (Å²) in [6, 6.07) is 7.88. The molecule has 7 nitrogen and oxygen atoms in total. The van der Waals surface area contributed by atoms with E-state index in [1.807, 2.05) is 31.2 Å². The van der Waals surface area contributed by atoms with Crippen molar-refractivity contribution in [3.8, 4) is 0 Å². The highest BCUT2D eigenvalue weighted by Gasteiger charge is 2.22. The number of para-hydroxylation sites is 1. The molecule has 1 fully saturated rings. The molecule has 2 aliphatic rings. The van der Waals surface area contributed by atoms with Gasteiger partial charge in [-0.25, -0.2) is 0 Å². The summed E-state index contributed by atoms with van der Waals surface area (Å²) in [6.45, 7) is 6.15. The molecule has 0 saturated carbocycles. The van der Waals surface area contributed by atoms with Crippen molar-refractivity contribution in [2.75, 3.05) is 23.7 Å². The summed E-state index contributed by atoms with van der Waals surface area (Å²) in [4.78, 5) is 24.4. The Labute approximate surface area is 172 Å². The van der Waals surface area contributed by atoms with Crippen LogP contribution in [0.4, 0.5) is 16.6 Å². The van der Waals surface area contributed by atoms with Gasteiger partial charge in [0.25, 0.3) is 5.56 Å². The molecule has 2 aromatic heterocycles. The predicted molar refractivity (Wildman–Crippen MR) is 119 cm³/mol. The Bertz CT molecular complexity index is 1230. The van der Waals surface area contributed by atoms with Crippen LogP contribution in [0.5, 0.6) is 0 Å². The lowest BCUT2D eigenvalue weighted by atomic mass is 10.00. The third kappa shape index (κ3) is 3.04. The van der Waals surface area contributed by atoms with Crippen LogP contribution in [0, 0.1) is 5.92 Å². The molecule has 0 unspecified atom stereocenters. The molecule has 2 aliphatic heterocycles. The van der Waals surface area contributed by atoms with Crippen molar-refractivity contribution >= 4 is 50.3 Å². The summed E-state index contributed by atoms with van der Waals surface area (Å²) >= 11 is 1.42. The molecule has 29 heavy (non-hydrogen) atoms. The third-order valence-electron chi connectivity index (χ3n) is 5.70. The first kappa shape index (κ1) is 18.1. The Kier molecular flexibility index (Phi) is 4.24. The van der Waals surface area contributed by atoms with Gasteiger partial charge in [-0.05, 0) is 37.8 Å². The number of allylic oxidation sites excluding steroid dienone is 1. The second-order valence-corrected chi connectivity index (χ2v) is 8.67. The largest absolute Gasteiger partial charge is 0.383 e. The normalized spacial score (nSPS) is 18.5. The zero-order valence-electron chi connectivity index (χ0n) is 16.4. The highest BCUT2D eigenvalue weighted by molar-refractivity contribution is 7.20. The van der Waals surface area contributed by atoms with Gasteiger partial charge < -0.3 is 10.6 Å². The quantitative estimate of drug-likeness (QED) is 0.702. The zero-order chi connectivity index (χ0) is 20.1. The van der Waals surface area contributed by atoms with Gasteiger partial charge in [-0.2, -0.15) is 9.50 Å². The number of aromatic nitrogens is 3. The van der Waals surface area contributed by atoms with Crippen LogP contribution in [0.25, 0.3) is 16.6 Å². The average Bonchev–Trinajstić information content (AvgIpc) is 3.26. The lowest BCUT2D eigenvalue weighted by molar-refractivity contribution is 0.437. The van der Waals surface area contributed by atoms with Crippen LogP contribution in [-0.2, 0) is 0 Å². The number of nitrogens with zero attached hydrogens (tertiary/aromatic N) is 5. The molecule has 0 radical (unpaired) electrons. The number of aliphatic imine (C=N–C) groups is 1. The van der Waals surface area contributed by atoms with E-state index in [2.05, 4.69) is 26.9 Å². The Morgan fingerprint density at radius 2 is 2.00 bits per heavy atom. The van der Waals surface area contributed by atoms with E-state index in [0.717, 1.165) is 59.5 Å². The summed E-state index contributed by atoms with van der Waals surface area (Å²) in [5.74, 6) is 1.06. The van der Waals surface area contributed by atoms with E-state index in [9.17, 15) is 4.79 Å². The number of rotatable bonds is 2. The fraction of sp³-hybridized carbons (Fsp3) is 0.333. The molecule has 5 rings (SSSR count). The lowest BCUT2D eigenvalue weighted by Crippen LogP contribution is -2.32. The number of piperidine rings is 1. The minimum Gasteiger partial charge on any atom is -0.383 e. The van der Waals surface area contributed by atoms with Crippen LogP contribution in [0.3, 0.4) is 0 Å². The van der Waals surface area contributed by atoms with E-state index in [1.165, 1.54) is 11.3 Å². The molecule has 1 saturated heterocycles. The molecule has 1 aromatic carbocycles. The lowest BCUT2D eigenvalue weighted by Gasteiger charge is -2.29. The van der Waals surface area contributed by atoms with Gasteiger partial charge in [0.2, 0.25) is 10.1 Å². The summed E-state index contributed by atoms with van der Waals surface area (Å²) in [7, 11) is 0. The van der Waals surface area contributed by atoms with Crippen LogP contribution >= 0.6 is 11.3 Å². The van der Waals surface area contributed by atoms with Crippen molar-refractivity contribution in [1.82, 2.24) is 14.6 Å². The van der Waals surface area contributed by atoms with E-state index in [-0.39, 0.29) is 5.56 Å². The van der Waals surface area contributed by atoms with Crippen molar-refractivity contribution in [3.05, 3.63) is 45.7 Å². The molecule has 0 amide bonds. The summed E-state index contributed by atoms with van der Waals surface area (Å²) in [6.07, 6.45) is 4.08. The van der Waals surface area contributed by atoms with E-state index < -0.39 is 0 Å². The summed E-state index contributed by atoms with van der Waals surface area (Å²) in [5, 5.41) is 5.54. The van der Waals surface area contributed by atoms with Crippen molar-refractivity contribution in [3.63, 3.8) is 0 Å². The minimum atomic E-state index is -0.338. The Morgan fingerprint density at radius 1 is 1.24 bits per heavy atom. The third-order valence-corrected chi connectivity index (χ3v) is 6.67. The topological polar surface area (TPSA) is 88.9 Å². The molecule has 148 valence electrons. The minimum absolute atomic E-state index is 0.317. The number of hydrogen-bond acceptors (Lipinski definition) is 7. The molecule has 4 heterocycles. The summed E-state index contributed by atoms with van der Waals surface area (Å²) < 4.78 is 1.60. The molecule has 0 atom stereocenters. The zero-order valence-corrected chi connectivity index (χ0v) is 17.2. The molecular formula is C21H22N6OS. The van der Waals surface area contributed by atoms with Gasteiger partial charge >= 0.3 is 0 Å². The van der Waals surface area contributed by atoms with Gasteiger partial charge in [-0.15, -0.1) is 5.10 Å². The van der Waals surface area contributed by atoms with Crippen molar-refractivity contribution in [1.29, 1.82) is 0 Å². The Balaban J connectivity index is 1.59. The number of fused-ring (bicyclic) bond motifs is 2. The fourth-order valence-electron chi connectivity index (χ4n) is 3.90. The van der Waals surface area contributed by atoms with Gasteiger partial charge in [-0.1, -0.05) is 36.5 Å². The molecule has 2 N–H and O–H groups in total. The van der Waals surface area contributed by atoms with Gasteiger partial charge in [0.05, 0.1) is 11.3 Å². The summed E-state index contributed by atoms with van der Waals surface area (Å²) in [5.41, 5.74) is 10.1. The maximum absolute atomic E-state index is 12.8. The molecule has 3 aromatic rings. The van der Waals surface area contributed by atoms with E-state index in [4.69, 9.17) is 5.73 Å². The maximum Gasteiger partial charge on any atom is 0.283 e. The number of anilines is 2. The Morgan fingerprint density at radius 3 is 2.79 bits per heavy atom. The van der Waals surface area contributed by atoms with Gasteiger partial charge in [0, 0.05) is 29.9 Å². The highest BCUT2D eigenvalue weighted by Crippen LogP contribution is 2.36. The van der Waals surface area contributed by atoms with Crippen LogP contribution in [-0.4, -0.2) is 33.4 Å². The molecule has 0 spiro atoms. The SMILES string of the molecule is CC1=Nc2ccccc2/C1=C\c1c(N)n2nc(N3CCC(C)CC3)sc2nc1=O. The van der Waals surface area contributed by atoms with E-state index in [0.29, 0.717) is 16.3 Å². The van der Waals surface area contributed by atoms with Crippen LogP contribution in [0.2, 0.25) is 0 Å². The number of nitrogen functional groups attached to an aromatic ring is 1. The predicted octanol–water partition coefficient (Wildman–Crippen LogP) is 3.62. The smallest absolute Gasteiger partial charge is 0.283 e. The van der Waals surface area contributed by atoms with Gasteiger partial charge in [0.1, 0.15) is 5.82 Å². The molecule has 8 heteroatoms. The highest BCUT2D eigenvalue weighted by atomic mass is 32.1. The standard InChI is InChI=1S/C21H22N6OS/c1-12-7-9-26(10-8-12)21-25-27-18(22)16(19(28)24-20(27)29-21)11-15-13(2)23-17-6-4-3-5-14(15)17/h3-6,11-12H,7-10,22H2,1-2H3/b15-11-. The van der Waals surface area contributed by atoms with Crippen molar-refractivity contribution in [2.24, 2.45) is 10.9 Å². The van der Waals surface area contributed by atoms with E-state index >= 15 is 0 Å². The van der Waals surface area contributed by atoms with Gasteiger partial charge in [-0.3, -0.25) is 9.79 Å². The first-order valence-electron chi connectivity index (χ1n) is 9.82.